The molecule has 0 aliphatic rings. The first-order valence-corrected chi connectivity index (χ1v) is 7.05. The topological polar surface area (TPSA) is 26.0 Å². The molecule has 2 aromatic rings. The van der Waals surface area contributed by atoms with Gasteiger partial charge in [-0.15, -0.1) is 0 Å². The highest BCUT2D eigenvalue weighted by Crippen LogP contribution is 2.27. The van der Waals surface area contributed by atoms with Crippen LogP contribution in [0.25, 0.3) is 0 Å². The van der Waals surface area contributed by atoms with Gasteiger partial charge in [-0.1, -0.05) is 22.0 Å². The maximum Gasteiger partial charge on any atom is 0.265 e. The summed E-state index contributed by atoms with van der Waals surface area (Å²) in [5.41, 5.74) is 4.83. The Balaban J connectivity index is 0.000000231. The van der Waals surface area contributed by atoms with E-state index >= 15 is 0 Å². The predicted molar refractivity (Wildman–Crippen MR) is 78.3 cm³/mol. The summed E-state index contributed by atoms with van der Waals surface area (Å²) in [5.74, 6) is -1.31. The van der Waals surface area contributed by atoms with Gasteiger partial charge in [0.15, 0.2) is 0 Å². The van der Waals surface area contributed by atoms with Gasteiger partial charge in [-0.2, -0.15) is 0 Å². The molecule has 0 amide bonds. The Hall–Kier alpha value is -1.54. The number of benzene rings is 2. The fourth-order valence-electron chi connectivity index (χ4n) is 1.64. The number of hydrogen-bond donors (Lipinski definition) is 1. The van der Waals surface area contributed by atoms with E-state index in [1.807, 2.05) is 0 Å². The summed E-state index contributed by atoms with van der Waals surface area (Å²) in [6.07, 6.45) is -5.31. The van der Waals surface area contributed by atoms with E-state index in [9.17, 15) is 26.3 Å². The van der Waals surface area contributed by atoms with Gasteiger partial charge in [-0.05, 0) is 35.9 Å². The standard InChI is InChI=1S/C8H8F3N.C7H4BrF3/c9-6-2-1-5(4-12)7(3-6)8(10)11;8-6-2-1-4(9)3-5(6)7(10)11/h1-3,8H,4,12H2;1-3,7H. The van der Waals surface area contributed by atoms with Crippen LogP contribution in [-0.4, -0.2) is 0 Å². The van der Waals surface area contributed by atoms with Crippen molar-refractivity contribution in [3.05, 3.63) is 69.2 Å². The van der Waals surface area contributed by atoms with Crippen LogP contribution in [0, 0.1) is 11.6 Å². The Kier molecular flexibility index (Phi) is 7.57. The summed E-state index contributed by atoms with van der Waals surface area (Å²) < 4.78 is 73.4. The van der Waals surface area contributed by atoms with Gasteiger partial charge < -0.3 is 5.73 Å². The van der Waals surface area contributed by atoms with Crippen LogP contribution in [0.15, 0.2) is 40.9 Å². The molecule has 2 N–H and O–H groups in total. The molecule has 0 saturated heterocycles. The molecule has 0 bridgehead atoms. The van der Waals surface area contributed by atoms with E-state index in [1.54, 1.807) is 0 Å². The molecular weight excluding hydrogens is 388 g/mol. The van der Waals surface area contributed by atoms with Crippen molar-refractivity contribution in [2.45, 2.75) is 19.4 Å². The number of alkyl halides is 4. The van der Waals surface area contributed by atoms with Crippen molar-refractivity contribution in [3.63, 3.8) is 0 Å². The second-order valence-corrected chi connectivity index (χ2v) is 5.17. The van der Waals surface area contributed by atoms with Crippen molar-refractivity contribution in [1.82, 2.24) is 0 Å². The second-order valence-electron chi connectivity index (χ2n) is 4.31. The van der Waals surface area contributed by atoms with Gasteiger partial charge in [0, 0.05) is 22.1 Å². The molecule has 0 aromatic heterocycles. The fourth-order valence-corrected chi connectivity index (χ4v) is 2.06. The lowest BCUT2D eigenvalue weighted by Gasteiger charge is -2.05. The van der Waals surface area contributed by atoms with Crippen LogP contribution in [0.1, 0.15) is 29.5 Å². The lowest BCUT2D eigenvalue weighted by atomic mass is 10.1. The molecule has 0 radical (unpaired) electrons. The van der Waals surface area contributed by atoms with E-state index in [-0.39, 0.29) is 27.7 Å². The number of hydrogen-bond acceptors (Lipinski definition) is 1. The Labute approximate surface area is 137 Å². The number of rotatable bonds is 3. The predicted octanol–water partition coefficient (Wildman–Crippen LogP) is 5.75. The van der Waals surface area contributed by atoms with Crippen LogP contribution < -0.4 is 5.73 Å². The zero-order valence-corrected chi connectivity index (χ0v) is 13.1. The molecule has 8 heteroatoms. The molecule has 1 nitrogen and oxygen atoms in total. The van der Waals surface area contributed by atoms with E-state index in [4.69, 9.17) is 5.73 Å². The number of nitrogens with two attached hydrogens (primary N) is 1. The van der Waals surface area contributed by atoms with Crippen molar-refractivity contribution in [2.24, 2.45) is 5.73 Å². The van der Waals surface area contributed by atoms with Crippen molar-refractivity contribution < 1.29 is 26.3 Å². The van der Waals surface area contributed by atoms with E-state index < -0.39 is 24.5 Å². The quantitative estimate of drug-likeness (QED) is 0.653. The number of halogens is 7. The Morgan fingerprint density at radius 2 is 1.30 bits per heavy atom. The van der Waals surface area contributed by atoms with E-state index in [0.717, 1.165) is 24.3 Å². The molecule has 0 aliphatic heterocycles. The third kappa shape index (κ3) is 5.87. The van der Waals surface area contributed by atoms with Gasteiger partial charge >= 0.3 is 0 Å². The maximum absolute atomic E-state index is 12.5. The van der Waals surface area contributed by atoms with Crippen molar-refractivity contribution >= 4 is 15.9 Å². The summed E-state index contributed by atoms with van der Waals surface area (Å²) in [5, 5.41) is 0. The van der Waals surface area contributed by atoms with E-state index in [0.29, 0.717) is 0 Å². The smallest absolute Gasteiger partial charge is 0.265 e. The zero-order valence-electron chi connectivity index (χ0n) is 11.5. The van der Waals surface area contributed by atoms with Crippen LogP contribution >= 0.6 is 15.9 Å². The first kappa shape index (κ1) is 19.5. The molecule has 0 spiro atoms. The highest BCUT2D eigenvalue weighted by molar-refractivity contribution is 9.10. The molecule has 2 rings (SSSR count). The Bertz CT molecular complexity index is 648. The van der Waals surface area contributed by atoms with Crippen molar-refractivity contribution in [3.8, 4) is 0 Å². The van der Waals surface area contributed by atoms with Crippen LogP contribution in [0.2, 0.25) is 0 Å². The Morgan fingerprint density at radius 1 is 0.826 bits per heavy atom. The largest absolute Gasteiger partial charge is 0.326 e. The molecule has 0 saturated carbocycles. The highest BCUT2D eigenvalue weighted by Gasteiger charge is 2.12. The SMILES string of the molecule is Fc1ccc(Br)c(C(F)F)c1.NCc1ccc(F)cc1C(F)F. The van der Waals surface area contributed by atoms with Crippen molar-refractivity contribution in [1.29, 1.82) is 0 Å². The lowest BCUT2D eigenvalue weighted by Crippen LogP contribution is -2.02. The first-order chi connectivity index (χ1) is 10.8. The van der Waals surface area contributed by atoms with Crippen LogP contribution in [0.4, 0.5) is 26.3 Å². The molecule has 0 heterocycles. The van der Waals surface area contributed by atoms with Crippen molar-refractivity contribution in [2.75, 3.05) is 0 Å². The molecule has 2 aromatic carbocycles. The summed E-state index contributed by atoms with van der Waals surface area (Å²) >= 11 is 2.88. The minimum Gasteiger partial charge on any atom is -0.326 e. The monoisotopic (exact) mass is 399 g/mol. The third-order valence-corrected chi connectivity index (χ3v) is 3.48. The van der Waals surface area contributed by atoms with Gasteiger partial charge in [0.1, 0.15) is 11.6 Å². The lowest BCUT2D eigenvalue weighted by molar-refractivity contribution is 0.149. The molecule has 0 aliphatic carbocycles. The van der Waals surface area contributed by atoms with Crippen LogP contribution in [0.5, 0.6) is 0 Å². The fraction of sp³-hybridized carbons (Fsp3) is 0.200. The summed E-state index contributed by atoms with van der Waals surface area (Å²) in [6.45, 7) is -0.0000463. The normalized spacial score (nSPS) is 10.7. The van der Waals surface area contributed by atoms with Crippen LogP contribution in [0.3, 0.4) is 0 Å². The average molecular weight is 400 g/mol. The van der Waals surface area contributed by atoms with Crippen LogP contribution in [-0.2, 0) is 6.54 Å². The molecule has 126 valence electrons. The van der Waals surface area contributed by atoms with Gasteiger partial charge in [0.25, 0.3) is 12.9 Å². The van der Waals surface area contributed by atoms with Gasteiger partial charge in [-0.3, -0.25) is 0 Å². The first-order valence-electron chi connectivity index (χ1n) is 6.26. The summed E-state index contributed by atoms with van der Waals surface area (Å²) in [7, 11) is 0. The van der Waals surface area contributed by atoms with Gasteiger partial charge in [0.2, 0.25) is 0 Å². The molecule has 0 fully saturated rings. The molecule has 0 unspecified atom stereocenters. The van der Waals surface area contributed by atoms with Gasteiger partial charge in [-0.25, -0.2) is 26.3 Å². The summed E-state index contributed by atoms with van der Waals surface area (Å²) in [6, 6.07) is 6.40. The third-order valence-electron chi connectivity index (χ3n) is 2.76. The van der Waals surface area contributed by atoms with E-state index in [2.05, 4.69) is 15.9 Å². The van der Waals surface area contributed by atoms with E-state index in [1.165, 1.54) is 12.1 Å². The zero-order chi connectivity index (χ0) is 17.6. The Morgan fingerprint density at radius 3 is 1.74 bits per heavy atom. The molecular formula is C15H12BrF6N. The molecule has 0 atom stereocenters. The average Bonchev–Trinajstić information content (AvgIpc) is 2.50. The summed E-state index contributed by atoms with van der Waals surface area (Å²) in [4.78, 5) is 0. The van der Waals surface area contributed by atoms with Gasteiger partial charge in [0.05, 0.1) is 0 Å². The maximum atomic E-state index is 12.5. The minimum absolute atomic E-state index is 0.0000463. The molecule has 23 heavy (non-hydrogen) atoms. The second kappa shape index (κ2) is 8.93. The minimum atomic E-state index is -2.67. The highest BCUT2D eigenvalue weighted by atomic mass is 79.9.